The van der Waals surface area contributed by atoms with Gasteiger partial charge >= 0.3 is 0 Å². The third kappa shape index (κ3) is 4.51. The highest BCUT2D eigenvalue weighted by molar-refractivity contribution is 5.79. The molecule has 1 saturated heterocycles. The van der Waals surface area contributed by atoms with Crippen LogP contribution in [-0.4, -0.2) is 42.1 Å². The zero-order valence-electron chi connectivity index (χ0n) is 12.6. The Bertz CT molecular complexity index is 495. The van der Waals surface area contributed by atoms with Crippen molar-refractivity contribution in [2.75, 3.05) is 13.1 Å². The molecule has 0 aliphatic carbocycles. The summed E-state index contributed by atoms with van der Waals surface area (Å²) in [4.78, 5) is 13.5. The summed E-state index contributed by atoms with van der Waals surface area (Å²) in [6, 6.07) is 6.98. The van der Waals surface area contributed by atoms with Gasteiger partial charge in [-0.05, 0) is 44.4 Å². The first-order valence-corrected chi connectivity index (χ1v) is 7.39. The van der Waals surface area contributed by atoms with Crippen molar-refractivity contribution in [3.63, 3.8) is 0 Å². The Morgan fingerprint density at radius 2 is 2.29 bits per heavy atom. The van der Waals surface area contributed by atoms with Crippen molar-refractivity contribution in [1.82, 2.24) is 4.90 Å². The molecule has 2 rings (SSSR count). The first-order valence-electron chi connectivity index (χ1n) is 7.39. The Morgan fingerprint density at radius 3 is 2.95 bits per heavy atom. The van der Waals surface area contributed by atoms with Gasteiger partial charge in [0.2, 0.25) is 5.91 Å². The number of hydrogen-bond donors (Lipinski definition) is 1. The SMILES string of the molecule is CC(CCc1cccc(F)c1)N1CC(C(N)=O)O[C@H](C)C1. The minimum absolute atomic E-state index is 0.00660. The molecular weight excluding hydrogens is 271 g/mol. The fraction of sp³-hybridized carbons (Fsp3) is 0.562. The van der Waals surface area contributed by atoms with E-state index in [1.165, 1.54) is 6.07 Å². The first kappa shape index (κ1) is 15.9. The van der Waals surface area contributed by atoms with Crippen molar-refractivity contribution in [3.05, 3.63) is 35.6 Å². The molecule has 5 heteroatoms. The fourth-order valence-electron chi connectivity index (χ4n) is 2.75. The largest absolute Gasteiger partial charge is 0.367 e. The molecule has 1 aliphatic rings. The van der Waals surface area contributed by atoms with E-state index in [0.717, 1.165) is 24.9 Å². The Kier molecular flexibility index (Phi) is 5.31. The van der Waals surface area contributed by atoms with Crippen LogP contribution >= 0.6 is 0 Å². The summed E-state index contributed by atoms with van der Waals surface area (Å²) < 4.78 is 18.7. The summed E-state index contributed by atoms with van der Waals surface area (Å²) in [6.45, 7) is 5.38. The van der Waals surface area contributed by atoms with E-state index in [2.05, 4.69) is 11.8 Å². The maximum Gasteiger partial charge on any atom is 0.247 e. The molecule has 1 aromatic rings. The number of aryl methyl sites for hydroxylation is 1. The van der Waals surface area contributed by atoms with Crippen LogP contribution in [0.15, 0.2) is 24.3 Å². The molecule has 21 heavy (non-hydrogen) atoms. The highest BCUT2D eigenvalue weighted by Crippen LogP contribution is 2.17. The molecule has 0 bridgehead atoms. The molecule has 2 unspecified atom stereocenters. The molecule has 0 spiro atoms. The third-order valence-corrected chi connectivity index (χ3v) is 3.97. The first-order chi connectivity index (χ1) is 9.95. The number of nitrogens with two attached hydrogens (primary N) is 1. The molecule has 1 aromatic carbocycles. The molecule has 1 heterocycles. The van der Waals surface area contributed by atoms with Gasteiger partial charge in [0.15, 0.2) is 0 Å². The van der Waals surface area contributed by atoms with Crippen LogP contribution in [0.2, 0.25) is 0 Å². The maximum absolute atomic E-state index is 13.2. The van der Waals surface area contributed by atoms with E-state index in [0.29, 0.717) is 12.6 Å². The number of benzene rings is 1. The van der Waals surface area contributed by atoms with Gasteiger partial charge in [0.25, 0.3) is 0 Å². The van der Waals surface area contributed by atoms with Gasteiger partial charge in [-0.25, -0.2) is 4.39 Å². The van der Waals surface area contributed by atoms with E-state index in [1.807, 2.05) is 13.0 Å². The second-order valence-corrected chi connectivity index (χ2v) is 5.81. The van der Waals surface area contributed by atoms with Crippen LogP contribution in [0.4, 0.5) is 4.39 Å². The van der Waals surface area contributed by atoms with E-state index < -0.39 is 12.0 Å². The van der Waals surface area contributed by atoms with Crippen molar-refractivity contribution >= 4 is 5.91 Å². The molecule has 3 atom stereocenters. The van der Waals surface area contributed by atoms with Gasteiger partial charge in [-0.1, -0.05) is 12.1 Å². The van der Waals surface area contributed by atoms with Crippen molar-refractivity contribution in [1.29, 1.82) is 0 Å². The minimum Gasteiger partial charge on any atom is -0.367 e. The number of morpholine rings is 1. The normalized spacial score (nSPS) is 24.7. The van der Waals surface area contributed by atoms with E-state index in [4.69, 9.17) is 10.5 Å². The lowest BCUT2D eigenvalue weighted by Gasteiger charge is -2.39. The van der Waals surface area contributed by atoms with Crippen LogP contribution in [0.5, 0.6) is 0 Å². The number of carbonyl (C=O) groups is 1. The lowest BCUT2D eigenvalue weighted by molar-refractivity contribution is -0.144. The average Bonchev–Trinajstić information content (AvgIpc) is 2.44. The average molecular weight is 294 g/mol. The third-order valence-electron chi connectivity index (χ3n) is 3.97. The molecule has 1 amide bonds. The van der Waals surface area contributed by atoms with Gasteiger partial charge in [0.1, 0.15) is 11.9 Å². The summed E-state index contributed by atoms with van der Waals surface area (Å²) >= 11 is 0. The van der Waals surface area contributed by atoms with E-state index in [1.54, 1.807) is 12.1 Å². The Labute approximate surface area is 125 Å². The van der Waals surface area contributed by atoms with Crippen LogP contribution in [0.1, 0.15) is 25.8 Å². The number of halogens is 1. The molecule has 116 valence electrons. The van der Waals surface area contributed by atoms with Gasteiger partial charge in [-0.3, -0.25) is 9.69 Å². The monoisotopic (exact) mass is 294 g/mol. The molecule has 0 saturated carbocycles. The Balaban J connectivity index is 1.90. The van der Waals surface area contributed by atoms with Gasteiger partial charge in [-0.15, -0.1) is 0 Å². The number of amides is 1. The van der Waals surface area contributed by atoms with E-state index in [-0.39, 0.29) is 11.9 Å². The fourth-order valence-corrected chi connectivity index (χ4v) is 2.75. The molecular formula is C16H23FN2O2. The molecule has 0 radical (unpaired) electrons. The van der Waals surface area contributed by atoms with Crippen molar-refractivity contribution in [2.45, 2.75) is 44.9 Å². The molecule has 2 N–H and O–H groups in total. The molecule has 0 aromatic heterocycles. The lowest BCUT2D eigenvalue weighted by atomic mass is 10.0. The standard InChI is InChI=1S/C16H23FN2O2/c1-11(6-7-13-4-3-5-14(17)8-13)19-9-12(2)21-15(10-19)16(18)20/h3-5,8,11-12,15H,6-7,9-10H2,1-2H3,(H2,18,20)/t11?,12-,15?/m1/s1. The summed E-state index contributed by atoms with van der Waals surface area (Å²) in [6.07, 6.45) is 1.17. The predicted molar refractivity (Wildman–Crippen MR) is 79.3 cm³/mol. The van der Waals surface area contributed by atoms with E-state index in [9.17, 15) is 9.18 Å². The van der Waals surface area contributed by atoms with Crippen LogP contribution in [0, 0.1) is 5.82 Å². The number of rotatable bonds is 5. The zero-order chi connectivity index (χ0) is 15.4. The minimum atomic E-state index is -0.537. The van der Waals surface area contributed by atoms with Crippen molar-refractivity contribution in [3.8, 4) is 0 Å². The topological polar surface area (TPSA) is 55.6 Å². The van der Waals surface area contributed by atoms with Gasteiger partial charge in [0, 0.05) is 19.1 Å². The van der Waals surface area contributed by atoms with Gasteiger partial charge < -0.3 is 10.5 Å². The summed E-state index contributed by atoms with van der Waals surface area (Å²) in [5.74, 6) is -0.613. The summed E-state index contributed by atoms with van der Waals surface area (Å²) in [5.41, 5.74) is 6.34. The predicted octanol–water partition coefficient (Wildman–Crippen LogP) is 1.72. The number of carbonyl (C=O) groups excluding carboxylic acids is 1. The molecule has 1 fully saturated rings. The number of primary amides is 1. The Hall–Kier alpha value is -1.46. The van der Waals surface area contributed by atoms with Crippen molar-refractivity contribution in [2.24, 2.45) is 5.73 Å². The quantitative estimate of drug-likeness (QED) is 0.899. The molecule has 4 nitrogen and oxygen atoms in total. The number of hydrogen-bond acceptors (Lipinski definition) is 3. The number of ether oxygens (including phenoxy) is 1. The zero-order valence-corrected chi connectivity index (χ0v) is 12.6. The van der Waals surface area contributed by atoms with Crippen LogP contribution in [-0.2, 0) is 16.0 Å². The van der Waals surface area contributed by atoms with Crippen LogP contribution in [0.3, 0.4) is 0 Å². The smallest absolute Gasteiger partial charge is 0.247 e. The Morgan fingerprint density at radius 1 is 1.52 bits per heavy atom. The highest BCUT2D eigenvalue weighted by Gasteiger charge is 2.30. The van der Waals surface area contributed by atoms with Crippen LogP contribution < -0.4 is 5.73 Å². The lowest BCUT2D eigenvalue weighted by Crippen LogP contribution is -2.54. The highest BCUT2D eigenvalue weighted by atomic mass is 19.1. The summed E-state index contributed by atoms with van der Waals surface area (Å²) in [5, 5.41) is 0. The van der Waals surface area contributed by atoms with Gasteiger partial charge in [-0.2, -0.15) is 0 Å². The van der Waals surface area contributed by atoms with E-state index >= 15 is 0 Å². The number of nitrogens with zero attached hydrogens (tertiary/aromatic N) is 1. The van der Waals surface area contributed by atoms with Gasteiger partial charge in [0.05, 0.1) is 6.10 Å². The maximum atomic E-state index is 13.2. The summed E-state index contributed by atoms with van der Waals surface area (Å²) in [7, 11) is 0. The van der Waals surface area contributed by atoms with Crippen LogP contribution in [0.25, 0.3) is 0 Å². The van der Waals surface area contributed by atoms with Crippen molar-refractivity contribution < 1.29 is 13.9 Å². The second kappa shape index (κ2) is 7.00. The molecule has 1 aliphatic heterocycles. The second-order valence-electron chi connectivity index (χ2n) is 5.81.